The molecule has 6 nitrogen and oxygen atoms in total. The van der Waals surface area contributed by atoms with Crippen molar-refractivity contribution < 1.29 is 0 Å². The standard InChI is InChI=1S/C3H4N6/c1-2-9-3(5-4-1)6-7-8-9/h1-2,4H,(H,5,6,8). The summed E-state index contributed by atoms with van der Waals surface area (Å²) in [6, 6.07) is 0. The highest BCUT2D eigenvalue weighted by atomic mass is 15.6. The van der Waals surface area contributed by atoms with Gasteiger partial charge in [-0.25, -0.2) is 0 Å². The van der Waals surface area contributed by atoms with E-state index in [9.17, 15) is 0 Å². The van der Waals surface area contributed by atoms with Crippen molar-refractivity contribution in [3.63, 3.8) is 0 Å². The Labute approximate surface area is 50.5 Å². The minimum Gasteiger partial charge on any atom is -0.304 e. The van der Waals surface area contributed by atoms with E-state index in [0.29, 0.717) is 5.95 Å². The number of rotatable bonds is 0. The lowest BCUT2D eigenvalue weighted by atomic mass is 10.8. The van der Waals surface area contributed by atoms with E-state index >= 15 is 0 Å². The van der Waals surface area contributed by atoms with Crippen molar-refractivity contribution in [2.45, 2.75) is 0 Å². The van der Waals surface area contributed by atoms with Crippen LogP contribution in [0.5, 0.6) is 0 Å². The van der Waals surface area contributed by atoms with Crippen LogP contribution in [0.2, 0.25) is 0 Å². The Morgan fingerprint density at radius 2 is 2.56 bits per heavy atom. The first-order valence-electron chi connectivity index (χ1n) is 2.43. The Kier molecular flexibility index (Phi) is 0.689. The number of anilines is 1. The quantitative estimate of drug-likeness (QED) is 0.466. The molecule has 1 aromatic rings. The average Bonchev–Trinajstić information content (AvgIpc) is 2.33. The molecule has 6 heteroatoms. The van der Waals surface area contributed by atoms with Crippen molar-refractivity contribution in [2.24, 2.45) is 0 Å². The van der Waals surface area contributed by atoms with Gasteiger partial charge in [0.15, 0.2) is 0 Å². The van der Waals surface area contributed by atoms with Gasteiger partial charge < -0.3 is 5.43 Å². The molecular formula is C3H4N6. The monoisotopic (exact) mass is 124 g/mol. The molecule has 0 saturated heterocycles. The first-order valence-corrected chi connectivity index (χ1v) is 2.43. The molecule has 0 amide bonds. The molecule has 0 spiro atoms. The second-order valence-corrected chi connectivity index (χ2v) is 1.53. The maximum atomic E-state index is 3.63. The zero-order valence-corrected chi connectivity index (χ0v) is 4.44. The molecule has 46 valence electrons. The van der Waals surface area contributed by atoms with Gasteiger partial charge in [-0.1, -0.05) is 5.10 Å². The summed E-state index contributed by atoms with van der Waals surface area (Å²) in [6.07, 6.45) is 3.41. The first kappa shape index (κ1) is 4.30. The van der Waals surface area contributed by atoms with Gasteiger partial charge in [0.2, 0.25) is 0 Å². The van der Waals surface area contributed by atoms with E-state index in [1.165, 1.54) is 4.68 Å². The van der Waals surface area contributed by atoms with Gasteiger partial charge >= 0.3 is 0 Å². The summed E-state index contributed by atoms with van der Waals surface area (Å²) in [6.45, 7) is 0. The highest BCUT2D eigenvalue weighted by Gasteiger charge is 2.02. The lowest BCUT2D eigenvalue weighted by Crippen LogP contribution is -2.21. The lowest BCUT2D eigenvalue weighted by molar-refractivity contribution is 0.804. The van der Waals surface area contributed by atoms with Crippen LogP contribution in [0.4, 0.5) is 5.95 Å². The van der Waals surface area contributed by atoms with Crippen LogP contribution in [0.3, 0.4) is 0 Å². The Balaban J connectivity index is 2.53. The molecule has 0 fully saturated rings. The second kappa shape index (κ2) is 1.44. The average molecular weight is 124 g/mol. The van der Waals surface area contributed by atoms with Crippen LogP contribution < -0.4 is 10.9 Å². The van der Waals surface area contributed by atoms with Crippen LogP contribution in [-0.2, 0) is 0 Å². The number of hydrogen-bond donors (Lipinski definition) is 2. The van der Waals surface area contributed by atoms with Crippen LogP contribution in [0, 0.1) is 0 Å². The first-order chi connectivity index (χ1) is 4.47. The number of hydrazine groups is 1. The van der Waals surface area contributed by atoms with E-state index in [2.05, 4.69) is 26.4 Å². The smallest absolute Gasteiger partial charge is 0.265 e. The molecule has 9 heavy (non-hydrogen) atoms. The van der Waals surface area contributed by atoms with Crippen molar-refractivity contribution in [2.75, 3.05) is 5.43 Å². The molecule has 0 saturated carbocycles. The number of fused-ring (bicyclic) bond motifs is 1. The van der Waals surface area contributed by atoms with Crippen molar-refractivity contribution in [1.29, 1.82) is 0 Å². The third-order valence-electron chi connectivity index (χ3n) is 0.976. The Bertz CT molecular complexity index is 236. The maximum absolute atomic E-state index is 3.63. The van der Waals surface area contributed by atoms with Crippen LogP contribution in [0.1, 0.15) is 0 Å². The van der Waals surface area contributed by atoms with Crippen LogP contribution in [0.25, 0.3) is 6.20 Å². The molecule has 2 rings (SSSR count). The van der Waals surface area contributed by atoms with E-state index in [1.54, 1.807) is 12.4 Å². The predicted molar refractivity (Wildman–Crippen MR) is 29.9 cm³/mol. The molecule has 1 aliphatic heterocycles. The summed E-state index contributed by atoms with van der Waals surface area (Å²) in [4.78, 5) is 0. The minimum absolute atomic E-state index is 0.595. The molecule has 2 N–H and O–H groups in total. The lowest BCUT2D eigenvalue weighted by Gasteiger charge is -2.06. The zero-order chi connectivity index (χ0) is 6.10. The zero-order valence-electron chi connectivity index (χ0n) is 4.44. The number of tetrazole rings is 1. The molecule has 1 aliphatic rings. The maximum Gasteiger partial charge on any atom is 0.265 e. The molecule has 0 bridgehead atoms. The van der Waals surface area contributed by atoms with Gasteiger partial charge in [-0.15, -0.1) is 0 Å². The largest absolute Gasteiger partial charge is 0.304 e. The Morgan fingerprint density at radius 3 is 3.44 bits per heavy atom. The summed E-state index contributed by atoms with van der Waals surface area (Å²) in [5, 5.41) is 10.7. The van der Waals surface area contributed by atoms with E-state index in [4.69, 9.17) is 0 Å². The molecule has 0 aliphatic carbocycles. The Hall–Kier alpha value is -1.59. The van der Waals surface area contributed by atoms with Gasteiger partial charge in [-0.05, 0) is 10.4 Å². The highest BCUT2D eigenvalue weighted by molar-refractivity contribution is 5.37. The summed E-state index contributed by atoms with van der Waals surface area (Å²) in [5.41, 5.74) is 5.47. The van der Waals surface area contributed by atoms with Gasteiger partial charge in [0, 0.05) is 6.20 Å². The van der Waals surface area contributed by atoms with Crippen molar-refractivity contribution in [3.05, 3.63) is 6.20 Å². The number of aromatic nitrogens is 4. The van der Waals surface area contributed by atoms with Crippen LogP contribution in [-0.4, -0.2) is 20.2 Å². The fourth-order valence-corrected chi connectivity index (χ4v) is 0.590. The van der Waals surface area contributed by atoms with E-state index in [0.717, 1.165) is 0 Å². The molecule has 2 heterocycles. The molecule has 0 radical (unpaired) electrons. The van der Waals surface area contributed by atoms with Crippen LogP contribution >= 0.6 is 0 Å². The van der Waals surface area contributed by atoms with E-state index in [-0.39, 0.29) is 0 Å². The predicted octanol–water partition coefficient (Wildman–Crippen LogP) is -0.969. The fourth-order valence-electron chi connectivity index (χ4n) is 0.590. The number of nitrogens with one attached hydrogen (secondary N) is 2. The van der Waals surface area contributed by atoms with Gasteiger partial charge in [0.25, 0.3) is 5.95 Å². The number of nitrogens with zero attached hydrogens (tertiary/aromatic N) is 4. The van der Waals surface area contributed by atoms with E-state index in [1.807, 2.05) is 0 Å². The van der Waals surface area contributed by atoms with Crippen molar-refractivity contribution in [1.82, 2.24) is 25.6 Å². The SMILES string of the molecule is C1=Cn2nnnc2NN1. The van der Waals surface area contributed by atoms with Gasteiger partial charge in [0.1, 0.15) is 0 Å². The van der Waals surface area contributed by atoms with Gasteiger partial charge in [-0.3, -0.25) is 5.43 Å². The van der Waals surface area contributed by atoms with E-state index < -0.39 is 0 Å². The Morgan fingerprint density at radius 1 is 1.56 bits per heavy atom. The number of hydrogen-bond acceptors (Lipinski definition) is 5. The topological polar surface area (TPSA) is 67.7 Å². The normalized spacial score (nSPS) is 13.8. The minimum atomic E-state index is 0.595. The van der Waals surface area contributed by atoms with Gasteiger partial charge in [0.05, 0.1) is 6.20 Å². The summed E-state index contributed by atoms with van der Waals surface area (Å²) in [7, 11) is 0. The summed E-state index contributed by atoms with van der Waals surface area (Å²) < 4.78 is 1.52. The summed E-state index contributed by atoms with van der Waals surface area (Å²) in [5.74, 6) is 0.595. The molecule has 0 aromatic carbocycles. The third kappa shape index (κ3) is 0.525. The highest BCUT2D eigenvalue weighted by Crippen LogP contribution is 1.99. The fraction of sp³-hybridized carbons (Fsp3) is 0. The molecule has 1 aromatic heterocycles. The summed E-state index contributed by atoms with van der Waals surface area (Å²) >= 11 is 0. The molecule has 0 atom stereocenters. The third-order valence-corrected chi connectivity index (χ3v) is 0.976. The molecular weight excluding hydrogens is 120 g/mol. The van der Waals surface area contributed by atoms with Gasteiger partial charge in [-0.2, -0.15) is 4.68 Å². The van der Waals surface area contributed by atoms with Crippen molar-refractivity contribution in [3.8, 4) is 0 Å². The van der Waals surface area contributed by atoms with Crippen LogP contribution in [0.15, 0.2) is 6.20 Å². The molecule has 0 unspecified atom stereocenters. The van der Waals surface area contributed by atoms with Crippen molar-refractivity contribution >= 4 is 12.1 Å². The second-order valence-electron chi connectivity index (χ2n) is 1.53.